The molecule has 2 aromatic carbocycles. The van der Waals surface area contributed by atoms with Gasteiger partial charge in [-0.05, 0) is 96.3 Å². The Hall–Kier alpha value is -2.86. The molecule has 2 heterocycles. The van der Waals surface area contributed by atoms with Gasteiger partial charge in [0.1, 0.15) is 17.2 Å². The molecule has 2 amide bonds. The van der Waals surface area contributed by atoms with Gasteiger partial charge in [0, 0.05) is 31.5 Å². The summed E-state index contributed by atoms with van der Waals surface area (Å²) in [7, 11) is 3.88. The fourth-order valence-corrected chi connectivity index (χ4v) is 6.04. The molecule has 0 radical (unpaired) electrons. The summed E-state index contributed by atoms with van der Waals surface area (Å²) in [6, 6.07) is 14.0. The molecular weight excluding hydrogens is 574 g/mol. The van der Waals surface area contributed by atoms with E-state index in [1.54, 1.807) is 27.7 Å². The van der Waals surface area contributed by atoms with Crippen molar-refractivity contribution in [2.24, 2.45) is 0 Å². The van der Waals surface area contributed by atoms with Crippen molar-refractivity contribution in [1.29, 1.82) is 0 Å². The van der Waals surface area contributed by atoms with Gasteiger partial charge in [-0.1, -0.05) is 36.4 Å². The summed E-state index contributed by atoms with van der Waals surface area (Å²) in [5.74, 6) is -1.92. The van der Waals surface area contributed by atoms with Crippen LogP contribution in [0.1, 0.15) is 74.8 Å². The van der Waals surface area contributed by atoms with Crippen LogP contribution < -0.4 is 10.6 Å². The number of ether oxygens (including phenoxy) is 2. The van der Waals surface area contributed by atoms with Crippen LogP contribution in [0.15, 0.2) is 42.5 Å². The lowest BCUT2D eigenvalue weighted by atomic mass is 9.77. The molecule has 2 bridgehead atoms. The van der Waals surface area contributed by atoms with Crippen LogP contribution in [0.4, 0.5) is 0 Å². The third-order valence-corrected chi connectivity index (χ3v) is 9.18. The molecule has 4 rings (SSSR count). The lowest BCUT2D eigenvalue weighted by Crippen LogP contribution is -2.62. The summed E-state index contributed by atoms with van der Waals surface area (Å²) >= 11 is 0. The molecule has 10 nitrogen and oxygen atoms in total. The molecular formula is C35H51N3O7. The van der Waals surface area contributed by atoms with E-state index in [2.05, 4.69) is 34.9 Å². The minimum Gasteiger partial charge on any atom is -0.390 e. The van der Waals surface area contributed by atoms with Gasteiger partial charge in [0.25, 0.3) is 0 Å². The first kappa shape index (κ1) is 35.0. The molecule has 0 aliphatic carbocycles. The molecule has 10 heteroatoms. The van der Waals surface area contributed by atoms with Gasteiger partial charge >= 0.3 is 0 Å². The second-order valence-electron chi connectivity index (χ2n) is 14.0. The van der Waals surface area contributed by atoms with Gasteiger partial charge in [0.2, 0.25) is 17.6 Å². The Bertz CT molecular complexity index is 1350. The van der Waals surface area contributed by atoms with Crippen LogP contribution in [-0.4, -0.2) is 94.8 Å². The number of hydrogen-bond donors (Lipinski definition) is 5. The van der Waals surface area contributed by atoms with Crippen LogP contribution in [0.25, 0.3) is 0 Å². The highest BCUT2D eigenvalue weighted by Gasteiger charge is 2.66. The maximum atomic E-state index is 12.6. The van der Waals surface area contributed by atoms with Crippen molar-refractivity contribution in [2.45, 2.75) is 101 Å². The largest absolute Gasteiger partial charge is 0.390 e. The fraction of sp³-hybridized carbons (Fsp3) is 0.600. The first-order chi connectivity index (χ1) is 21.0. The van der Waals surface area contributed by atoms with E-state index >= 15 is 0 Å². The minimum atomic E-state index is -1.57. The van der Waals surface area contributed by atoms with E-state index in [0.717, 1.165) is 35.2 Å². The van der Waals surface area contributed by atoms with Crippen LogP contribution >= 0.6 is 0 Å². The normalized spacial score (nSPS) is 25.0. The molecule has 0 saturated carbocycles. The summed E-state index contributed by atoms with van der Waals surface area (Å²) in [6.07, 6.45) is 0.0129. The quantitative estimate of drug-likeness (QED) is 0.229. The predicted molar refractivity (Wildman–Crippen MR) is 172 cm³/mol. The number of rotatable bonds is 13. The summed E-state index contributed by atoms with van der Waals surface area (Å²) in [5.41, 5.74) is 1.51. The molecule has 0 spiro atoms. The van der Waals surface area contributed by atoms with Crippen molar-refractivity contribution < 1.29 is 34.4 Å². The fourth-order valence-electron chi connectivity index (χ4n) is 6.04. The van der Waals surface area contributed by atoms with Gasteiger partial charge < -0.3 is 40.3 Å². The summed E-state index contributed by atoms with van der Waals surface area (Å²) in [4.78, 5) is 27.0. The number of likely N-dealkylation sites (N-methyl/N-ethyl adjacent to an activating group) is 1. The molecule has 5 N–H and O–H groups in total. The number of nitrogens with one attached hydrogen (secondary N) is 2. The Labute approximate surface area is 267 Å². The molecule has 2 fully saturated rings. The number of aliphatic hydroxyl groups is 3. The first-order valence-corrected chi connectivity index (χ1v) is 15.8. The molecule has 0 aromatic heterocycles. The average Bonchev–Trinajstić information content (AvgIpc) is 3.31. The Kier molecular flexibility index (Phi) is 10.5. The number of benzene rings is 2. The number of aryl methyl sites for hydroxylation is 2. The van der Waals surface area contributed by atoms with E-state index in [1.165, 1.54) is 0 Å². The van der Waals surface area contributed by atoms with Crippen molar-refractivity contribution >= 4 is 11.8 Å². The molecule has 248 valence electrons. The van der Waals surface area contributed by atoms with E-state index < -0.39 is 34.7 Å². The smallest absolute Gasteiger partial charge is 0.245 e. The lowest BCUT2D eigenvalue weighted by molar-refractivity contribution is -0.319. The van der Waals surface area contributed by atoms with Crippen LogP contribution in [0.2, 0.25) is 0 Å². The average molecular weight is 626 g/mol. The van der Waals surface area contributed by atoms with Crippen molar-refractivity contribution in [3.8, 4) is 0 Å². The number of carbonyl (C=O) groups excluding carboxylic acids is 2. The highest BCUT2D eigenvalue weighted by atomic mass is 16.8. The maximum absolute atomic E-state index is 12.6. The minimum absolute atomic E-state index is 0.0566. The lowest BCUT2D eigenvalue weighted by Gasteiger charge is -2.48. The van der Waals surface area contributed by atoms with E-state index in [-0.39, 0.29) is 24.8 Å². The molecule has 2 aliphatic rings. The number of hydrogen-bond acceptors (Lipinski definition) is 8. The van der Waals surface area contributed by atoms with Gasteiger partial charge in [-0.15, -0.1) is 0 Å². The summed E-state index contributed by atoms with van der Waals surface area (Å²) < 4.78 is 12.4. The molecule has 2 saturated heterocycles. The number of amides is 2. The van der Waals surface area contributed by atoms with E-state index in [4.69, 9.17) is 9.47 Å². The first-order valence-electron chi connectivity index (χ1n) is 15.8. The third-order valence-electron chi connectivity index (χ3n) is 9.18. The van der Waals surface area contributed by atoms with E-state index in [9.17, 15) is 24.9 Å². The number of fused-ring (bicyclic) bond motifs is 2. The Balaban J connectivity index is 1.34. The zero-order valence-electron chi connectivity index (χ0n) is 27.8. The van der Waals surface area contributed by atoms with Crippen LogP contribution in [-0.2, 0) is 37.7 Å². The van der Waals surface area contributed by atoms with Crippen molar-refractivity contribution in [3.05, 3.63) is 70.3 Å². The molecule has 4 atom stereocenters. The maximum Gasteiger partial charge on any atom is 0.245 e. The summed E-state index contributed by atoms with van der Waals surface area (Å²) in [5, 5.41) is 38.3. The topological polar surface area (TPSA) is 141 Å². The van der Waals surface area contributed by atoms with Gasteiger partial charge in [0.15, 0.2) is 0 Å². The second kappa shape index (κ2) is 13.5. The van der Waals surface area contributed by atoms with Crippen LogP contribution in [0, 0.1) is 6.92 Å². The third kappa shape index (κ3) is 7.76. The predicted octanol–water partition coefficient (Wildman–Crippen LogP) is 2.32. The van der Waals surface area contributed by atoms with Gasteiger partial charge in [0.05, 0.1) is 18.3 Å². The molecule has 2 aliphatic heterocycles. The Morgan fingerprint density at radius 3 is 2.36 bits per heavy atom. The Morgan fingerprint density at radius 1 is 1.04 bits per heavy atom. The second-order valence-corrected chi connectivity index (χ2v) is 14.0. The van der Waals surface area contributed by atoms with Gasteiger partial charge in [-0.2, -0.15) is 0 Å². The van der Waals surface area contributed by atoms with Crippen molar-refractivity contribution in [1.82, 2.24) is 15.5 Å². The number of carbonyl (C=O) groups is 2. The van der Waals surface area contributed by atoms with E-state index in [0.29, 0.717) is 31.4 Å². The highest BCUT2D eigenvalue weighted by molar-refractivity contribution is 5.90. The molecule has 45 heavy (non-hydrogen) atoms. The Morgan fingerprint density at radius 2 is 1.71 bits per heavy atom. The zero-order valence-corrected chi connectivity index (χ0v) is 27.8. The zero-order chi connectivity index (χ0) is 33.2. The SMILES string of the molecule is Cc1ccc([C@@]23OC[C@@](C(C)(C)O)(C[C@H](O)[C@H]2O)O3)cc1Cc1ccc(CCCC(=O)NC(C)(C)C(=O)NCCN(C)C)cc1. The van der Waals surface area contributed by atoms with Crippen LogP contribution in [0.3, 0.4) is 0 Å². The molecule has 0 unspecified atom stereocenters. The monoisotopic (exact) mass is 625 g/mol. The van der Waals surface area contributed by atoms with E-state index in [1.807, 2.05) is 44.1 Å². The van der Waals surface area contributed by atoms with Crippen molar-refractivity contribution in [3.63, 3.8) is 0 Å². The number of nitrogens with zero attached hydrogens (tertiary/aromatic N) is 1. The van der Waals surface area contributed by atoms with Gasteiger partial charge in [-0.25, -0.2) is 0 Å². The summed E-state index contributed by atoms with van der Waals surface area (Å²) in [6.45, 7) is 10.0. The van der Waals surface area contributed by atoms with Gasteiger partial charge in [-0.3, -0.25) is 9.59 Å². The van der Waals surface area contributed by atoms with Crippen molar-refractivity contribution in [2.75, 3.05) is 33.8 Å². The number of aliphatic hydroxyl groups excluding tert-OH is 2. The van der Waals surface area contributed by atoms with Crippen LogP contribution in [0.5, 0.6) is 0 Å². The molecule has 2 aromatic rings. The standard InChI is InChI=1S/C35H51N3O7/c1-23-11-16-27(35-30(41)28(39)21-34(45-35,22-44-35)33(4,5)43)20-26(23)19-25-14-12-24(13-15-25)9-8-10-29(40)37-32(2,3)31(42)36-17-18-38(6)7/h11-16,20,28,30,39,41,43H,8-10,17-19,21-22H2,1-7H3,(H,36,42)(H,37,40)/t28-,30+,34+,35-/m0/s1. The highest BCUT2D eigenvalue weighted by Crippen LogP contribution is 2.53.